The van der Waals surface area contributed by atoms with Gasteiger partial charge < -0.3 is 5.32 Å². The van der Waals surface area contributed by atoms with Gasteiger partial charge >= 0.3 is 0 Å². The fourth-order valence-electron chi connectivity index (χ4n) is 1.63. The maximum atomic E-state index is 4.36. The van der Waals surface area contributed by atoms with Crippen LogP contribution < -0.4 is 5.32 Å². The minimum Gasteiger partial charge on any atom is -0.307 e. The number of benzene rings is 1. The van der Waals surface area contributed by atoms with Gasteiger partial charge in [0, 0.05) is 22.9 Å². The highest BCUT2D eigenvalue weighted by atomic mass is 127. The summed E-state index contributed by atoms with van der Waals surface area (Å²) < 4.78 is 1.27. The fourth-order valence-corrected chi connectivity index (χ4v) is 1.99. The molecule has 0 fully saturated rings. The van der Waals surface area contributed by atoms with Crippen LogP contribution in [0, 0.1) is 10.5 Å². The molecule has 1 aromatic heterocycles. The zero-order chi connectivity index (χ0) is 12.1. The highest BCUT2D eigenvalue weighted by Gasteiger charge is 1.98. The minimum atomic E-state index is 0.818. The van der Waals surface area contributed by atoms with E-state index in [2.05, 4.69) is 70.1 Å². The highest BCUT2D eigenvalue weighted by Crippen LogP contribution is 2.07. The second-order valence-electron chi connectivity index (χ2n) is 4.00. The molecule has 0 saturated carbocycles. The molecule has 2 rings (SSSR count). The molecule has 1 aromatic carbocycles. The second kappa shape index (κ2) is 6.12. The van der Waals surface area contributed by atoms with Gasteiger partial charge in [-0.05, 0) is 58.8 Å². The van der Waals surface area contributed by atoms with Crippen molar-refractivity contribution in [3.63, 3.8) is 0 Å². The summed E-state index contributed by atoms with van der Waals surface area (Å²) in [6, 6.07) is 12.6. The van der Waals surface area contributed by atoms with E-state index < -0.39 is 0 Å². The molecule has 2 nitrogen and oxygen atoms in total. The number of halogens is 1. The molecule has 17 heavy (non-hydrogen) atoms. The van der Waals surface area contributed by atoms with Crippen molar-refractivity contribution in [2.24, 2.45) is 0 Å². The number of pyridine rings is 1. The number of aromatic nitrogens is 1. The number of hydrogen-bond acceptors (Lipinski definition) is 2. The normalized spacial score (nSPS) is 10.5. The predicted octanol–water partition coefficient (Wildman–Crippen LogP) is 3.28. The van der Waals surface area contributed by atoms with Crippen molar-refractivity contribution in [1.29, 1.82) is 0 Å². The lowest BCUT2D eigenvalue weighted by Crippen LogP contribution is -2.14. The number of hydrogen-bond donors (Lipinski definition) is 1. The van der Waals surface area contributed by atoms with E-state index >= 15 is 0 Å². The molecule has 0 aliphatic heterocycles. The van der Waals surface area contributed by atoms with E-state index in [1.807, 2.05) is 12.3 Å². The summed E-state index contributed by atoms with van der Waals surface area (Å²) in [7, 11) is 0. The molecule has 2 aromatic rings. The molecule has 3 heteroatoms. The van der Waals surface area contributed by atoms with Crippen LogP contribution in [0.2, 0.25) is 0 Å². The van der Waals surface area contributed by atoms with Crippen molar-refractivity contribution in [3.8, 4) is 0 Å². The van der Waals surface area contributed by atoms with Crippen molar-refractivity contribution in [2.75, 3.05) is 0 Å². The van der Waals surface area contributed by atoms with Crippen molar-refractivity contribution >= 4 is 22.6 Å². The maximum Gasteiger partial charge on any atom is 0.0570 e. The van der Waals surface area contributed by atoms with Gasteiger partial charge in [-0.1, -0.05) is 18.2 Å². The Bertz CT molecular complexity index is 480. The number of rotatable bonds is 4. The lowest BCUT2D eigenvalue weighted by molar-refractivity contribution is 0.676. The summed E-state index contributed by atoms with van der Waals surface area (Å²) in [6.45, 7) is 3.79. The maximum absolute atomic E-state index is 4.36. The fraction of sp³-hybridized carbons (Fsp3) is 0.214. The van der Waals surface area contributed by atoms with Gasteiger partial charge in [0.1, 0.15) is 0 Å². The summed E-state index contributed by atoms with van der Waals surface area (Å²) in [6.07, 6.45) is 1.84. The standard InChI is InChI=1S/C14H15IN2/c1-11-3-2-8-17-14(11)10-16-9-12-4-6-13(15)7-5-12/h2-8,16H,9-10H2,1H3. The van der Waals surface area contributed by atoms with Gasteiger partial charge in [-0.15, -0.1) is 0 Å². The van der Waals surface area contributed by atoms with Crippen LogP contribution in [0.1, 0.15) is 16.8 Å². The highest BCUT2D eigenvalue weighted by molar-refractivity contribution is 14.1. The Labute approximate surface area is 116 Å². The van der Waals surface area contributed by atoms with Crippen LogP contribution in [0.15, 0.2) is 42.6 Å². The molecule has 0 atom stereocenters. The topological polar surface area (TPSA) is 24.9 Å². The van der Waals surface area contributed by atoms with E-state index in [0.717, 1.165) is 18.8 Å². The third-order valence-corrected chi connectivity index (χ3v) is 3.37. The van der Waals surface area contributed by atoms with E-state index in [1.165, 1.54) is 14.7 Å². The first-order valence-electron chi connectivity index (χ1n) is 5.61. The largest absolute Gasteiger partial charge is 0.307 e. The van der Waals surface area contributed by atoms with Crippen molar-refractivity contribution in [3.05, 3.63) is 63.0 Å². The number of aryl methyl sites for hydroxylation is 1. The van der Waals surface area contributed by atoms with Crippen LogP contribution in [-0.2, 0) is 13.1 Å². The Kier molecular flexibility index (Phi) is 4.50. The van der Waals surface area contributed by atoms with E-state index in [9.17, 15) is 0 Å². The summed E-state index contributed by atoms with van der Waals surface area (Å²) in [5, 5.41) is 3.41. The van der Waals surface area contributed by atoms with Gasteiger partial charge in [0.15, 0.2) is 0 Å². The molecule has 0 amide bonds. The Morgan fingerprint density at radius 1 is 1.12 bits per heavy atom. The van der Waals surface area contributed by atoms with E-state index in [4.69, 9.17) is 0 Å². The zero-order valence-corrected chi connectivity index (χ0v) is 11.9. The van der Waals surface area contributed by atoms with Crippen LogP contribution in [0.4, 0.5) is 0 Å². The summed E-state index contributed by atoms with van der Waals surface area (Å²) >= 11 is 2.32. The first-order chi connectivity index (χ1) is 8.25. The van der Waals surface area contributed by atoms with Gasteiger partial charge in [-0.3, -0.25) is 4.98 Å². The van der Waals surface area contributed by atoms with Gasteiger partial charge in [-0.25, -0.2) is 0 Å². The SMILES string of the molecule is Cc1cccnc1CNCc1ccc(I)cc1. The zero-order valence-electron chi connectivity index (χ0n) is 9.78. The van der Waals surface area contributed by atoms with Crippen molar-refractivity contribution in [1.82, 2.24) is 10.3 Å². The van der Waals surface area contributed by atoms with Crippen LogP contribution in [0.3, 0.4) is 0 Å². The predicted molar refractivity (Wildman–Crippen MR) is 78.7 cm³/mol. The Morgan fingerprint density at radius 3 is 2.59 bits per heavy atom. The first-order valence-corrected chi connectivity index (χ1v) is 6.69. The molecular formula is C14H15IN2. The lowest BCUT2D eigenvalue weighted by atomic mass is 10.2. The summed E-state index contributed by atoms with van der Waals surface area (Å²) in [5.74, 6) is 0. The Morgan fingerprint density at radius 2 is 1.88 bits per heavy atom. The molecule has 88 valence electrons. The van der Waals surface area contributed by atoms with Gasteiger partial charge in [0.2, 0.25) is 0 Å². The van der Waals surface area contributed by atoms with E-state index in [0.29, 0.717) is 0 Å². The molecule has 0 bridgehead atoms. The molecule has 0 aliphatic carbocycles. The van der Waals surface area contributed by atoms with Crippen LogP contribution in [-0.4, -0.2) is 4.98 Å². The molecule has 0 spiro atoms. The quantitative estimate of drug-likeness (QED) is 0.866. The number of nitrogens with one attached hydrogen (secondary N) is 1. The average Bonchev–Trinajstić information content (AvgIpc) is 2.34. The molecule has 1 N–H and O–H groups in total. The average molecular weight is 338 g/mol. The van der Waals surface area contributed by atoms with E-state index in [-0.39, 0.29) is 0 Å². The van der Waals surface area contributed by atoms with Gasteiger partial charge in [0.25, 0.3) is 0 Å². The molecule has 0 unspecified atom stereocenters. The molecule has 1 heterocycles. The first kappa shape index (κ1) is 12.5. The smallest absolute Gasteiger partial charge is 0.0570 e. The summed E-state index contributed by atoms with van der Waals surface area (Å²) in [5.41, 5.74) is 3.67. The second-order valence-corrected chi connectivity index (χ2v) is 5.24. The molecule has 0 radical (unpaired) electrons. The summed E-state index contributed by atoms with van der Waals surface area (Å²) in [4.78, 5) is 4.36. The van der Waals surface area contributed by atoms with Gasteiger partial charge in [-0.2, -0.15) is 0 Å². The molecule has 0 aliphatic rings. The van der Waals surface area contributed by atoms with E-state index in [1.54, 1.807) is 0 Å². The minimum absolute atomic E-state index is 0.818. The Balaban J connectivity index is 1.88. The van der Waals surface area contributed by atoms with Crippen molar-refractivity contribution in [2.45, 2.75) is 20.0 Å². The third-order valence-electron chi connectivity index (χ3n) is 2.65. The monoisotopic (exact) mass is 338 g/mol. The van der Waals surface area contributed by atoms with Crippen molar-refractivity contribution < 1.29 is 0 Å². The third kappa shape index (κ3) is 3.78. The van der Waals surface area contributed by atoms with Gasteiger partial charge in [0.05, 0.1) is 5.69 Å². The van der Waals surface area contributed by atoms with Crippen LogP contribution in [0.5, 0.6) is 0 Å². The number of nitrogens with zero attached hydrogens (tertiary/aromatic N) is 1. The van der Waals surface area contributed by atoms with Crippen LogP contribution in [0.25, 0.3) is 0 Å². The molecule has 0 saturated heterocycles. The molecular weight excluding hydrogens is 323 g/mol. The lowest BCUT2D eigenvalue weighted by Gasteiger charge is -2.06. The van der Waals surface area contributed by atoms with Crippen LogP contribution >= 0.6 is 22.6 Å². The Hall–Kier alpha value is -0.940.